The molecule has 0 spiro atoms. The van der Waals surface area contributed by atoms with E-state index in [-0.39, 0.29) is 27.6 Å². The molecule has 1 aromatic rings. The van der Waals surface area contributed by atoms with Gasteiger partial charge in [-0.3, -0.25) is 0 Å². The van der Waals surface area contributed by atoms with Crippen LogP contribution in [0.1, 0.15) is 19.4 Å². The van der Waals surface area contributed by atoms with Crippen LogP contribution in [0.2, 0.25) is 5.02 Å². The van der Waals surface area contributed by atoms with E-state index >= 15 is 0 Å². The molecule has 1 aromatic carbocycles. The summed E-state index contributed by atoms with van der Waals surface area (Å²) in [5.74, 6) is 0. The molecule has 8 heteroatoms. The molecule has 3 N–H and O–H groups in total. The van der Waals surface area contributed by atoms with E-state index < -0.39 is 10.0 Å². The second-order valence-corrected chi connectivity index (χ2v) is 6.94. The van der Waals surface area contributed by atoms with Gasteiger partial charge in [0, 0.05) is 12.1 Å². The van der Waals surface area contributed by atoms with Gasteiger partial charge >= 0.3 is 0 Å². The Morgan fingerprint density at radius 1 is 1.50 bits per heavy atom. The molecule has 0 aromatic heterocycles. The Kier molecular flexibility index (Phi) is 6.35. The summed E-state index contributed by atoms with van der Waals surface area (Å²) in [5.41, 5.74) is 5.91. The van der Waals surface area contributed by atoms with E-state index in [2.05, 4.69) is 4.72 Å². The number of halogens is 1. The first kappa shape index (κ1) is 17.3. The van der Waals surface area contributed by atoms with Crippen molar-refractivity contribution in [2.45, 2.75) is 24.8 Å². The molecule has 20 heavy (non-hydrogen) atoms. The lowest BCUT2D eigenvalue weighted by molar-refractivity contribution is 0.0834. The number of hydrogen-bond donors (Lipinski definition) is 2. The highest BCUT2D eigenvalue weighted by atomic mass is 35.5. The Morgan fingerprint density at radius 2 is 2.15 bits per heavy atom. The Balaban J connectivity index is 2.78. The van der Waals surface area contributed by atoms with Crippen molar-refractivity contribution < 1.29 is 13.2 Å². The van der Waals surface area contributed by atoms with E-state index in [0.717, 1.165) is 0 Å². The van der Waals surface area contributed by atoms with Crippen molar-refractivity contribution in [3.63, 3.8) is 0 Å². The molecule has 0 aliphatic heterocycles. The minimum atomic E-state index is -3.62. The van der Waals surface area contributed by atoms with E-state index in [1.807, 2.05) is 13.8 Å². The quantitative estimate of drug-likeness (QED) is 0.585. The minimum absolute atomic E-state index is 0.0544. The third-order valence-electron chi connectivity index (χ3n) is 2.36. The topological polar surface area (TPSA) is 81.4 Å². The highest BCUT2D eigenvalue weighted by molar-refractivity contribution is 7.89. The van der Waals surface area contributed by atoms with Crippen molar-refractivity contribution in [3.05, 3.63) is 28.8 Å². The van der Waals surface area contributed by atoms with Crippen LogP contribution in [0.4, 0.5) is 0 Å². The molecule has 0 saturated carbocycles. The van der Waals surface area contributed by atoms with Crippen LogP contribution in [0.25, 0.3) is 0 Å². The molecule has 0 radical (unpaired) electrons. The lowest BCUT2D eigenvalue weighted by Gasteiger charge is -2.10. The monoisotopic (exact) mass is 336 g/mol. The predicted molar refractivity (Wildman–Crippen MR) is 83.6 cm³/mol. The molecule has 0 aliphatic rings. The highest BCUT2D eigenvalue weighted by Crippen LogP contribution is 2.20. The number of sulfonamides is 1. The summed E-state index contributed by atoms with van der Waals surface area (Å²) in [6, 6.07) is 4.22. The van der Waals surface area contributed by atoms with Crippen molar-refractivity contribution in [1.82, 2.24) is 4.72 Å². The second kappa shape index (κ2) is 7.33. The van der Waals surface area contributed by atoms with Gasteiger partial charge in [0.25, 0.3) is 0 Å². The van der Waals surface area contributed by atoms with Crippen molar-refractivity contribution in [2.24, 2.45) is 5.73 Å². The van der Waals surface area contributed by atoms with Crippen LogP contribution in [0.15, 0.2) is 23.1 Å². The summed E-state index contributed by atoms with van der Waals surface area (Å²) in [4.78, 5) is 0.185. The molecule has 0 heterocycles. The third kappa shape index (κ3) is 4.99. The summed E-state index contributed by atoms with van der Waals surface area (Å²) >= 11 is 10.8. The summed E-state index contributed by atoms with van der Waals surface area (Å²) in [7, 11) is -3.62. The zero-order valence-corrected chi connectivity index (χ0v) is 13.6. The first-order valence-corrected chi connectivity index (χ1v) is 8.21. The summed E-state index contributed by atoms with van der Waals surface area (Å²) in [5, 5.41) is 0.207. The molecule has 0 amide bonds. The van der Waals surface area contributed by atoms with Crippen molar-refractivity contribution in [2.75, 3.05) is 13.2 Å². The van der Waals surface area contributed by atoms with Crippen LogP contribution >= 0.6 is 23.8 Å². The third-order valence-corrected chi connectivity index (χ3v) is 4.35. The standard InChI is InChI=1S/C12H17ClN2O3S2/c1-8(2)18-6-5-15-20(16,17)9-3-4-10(12(14)19)11(13)7-9/h3-4,7-8,15H,5-6H2,1-2H3,(H2,14,19). The normalized spacial score (nSPS) is 11.8. The zero-order valence-electron chi connectivity index (χ0n) is 11.2. The maximum atomic E-state index is 12.0. The maximum Gasteiger partial charge on any atom is 0.240 e. The van der Waals surface area contributed by atoms with E-state index in [9.17, 15) is 8.42 Å². The van der Waals surface area contributed by atoms with Gasteiger partial charge in [0.05, 0.1) is 22.6 Å². The van der Waals surface area contributed by atoms with Crippen LogP contribution in [-0.2, 0) is 14.8 Å². The lowest BCUT2D eigenvalue weighted by Crippen LogP contribution is -2.28. The fourth-order valence-corrected chi connectivity index (χ4v) is 3.04. The fourth-order valence-electron chi connectivity index (χ4n) is 1.42. The average molecular weight is 337 g/mol. The van der Waals surface area contributed by atoms with Crippen molar-refractivity contribution >= 4 is 38.8 Å². The Bertz CT molecular complexity index is 588. The number of nitrogens with one attached hydrogen (secondary N) is 1. The van der Waals surface area contributed by atoms with Crippen LogP contribution in [0.5, 0.6) is 0 Å². The molecule has 0 atom stereocenters. The van der Waals surface area contributed by atoms with Gasteiger partial charge in [0.15, 0.2) is 0 Å². The second-order valence-electron chi connectivity index (χ2n) is 4.32. The van der Waals surface area contributed by atoms with Crippen molar-refractivity contribution in [3.8, 4) is 0 Å². The van der Waals surface area contributed by atoms with Gasteiger partial charge in [-0.1, -0.05) is 23.8 Å². The Morgan fingerprint density at radius 3 is 2.65 bits per heavy atom. The molecule has 0 saturated heterocycles. The zero-order chi connectivity index (χ0) is 15.3. The summed E-state index contributed by atoms with van der Waals surface area (Å²) in [6.45, 7) is 4.25. The summed E-state index contributed by atoms with van der Waals surface area (Å²) in [6.07, 6.45) is 0.0544. The van der Waals surface area contributed by atoms with E-state index in [0.29, 0.717) is 12.2 Å². The number of hydrogen-bond acceptors (Lipinski definition) is 4. The van der Waals surface area contributed by atoms with Gasteiger partial charge in [-0.15, -0.1) is 0 Å². The molecule has 0 unspecified atom stereocenters. The predicted octanol–water partition coefficient (Wildman–Crippen LogP) is 1.68. The maximum absolute atomic E-state index is 12.0. The number of ether oxygens (including phenoxy) is 1. The van der Waals surface area contributed by atoms with Gasteiger partial charge in [-0.05, 0) is 32.0 Å². The lowest BCUT2D eigenvalue weighted by atomic mass is 10.2. The van der Waals surface area contributed by atoms with E-state index in [4.69, 9.17) is 34.3 Å². The van der Waals surface area contributed by atoms with Gasteiger partial charge in [-0.25, -0.2) is 13.1 Å². The first-order chi connectivity index (χ1) is 9.24. The highest BCUT2D eigenvalue weighted by Gasteiger charge is 2.15. The molecule has 5 nitrogen and oxygen atoms in total. The molecule has 0 fully saturated rings. The van der Waals surface area contributed by atoms with Crippen LogP contribution < -0.4 is 10.5 Å². The van der Waals surface area contributed by atoms with E-state index in [1.165, 1.54) is 18.2 Å². The minimum Gasteiger partial charge on any atom is -0.389 e. The number of benzene rings is 1. The number of thiocarbonyl (C=S) groups is 1. The smallest absolute Gasteiger partial charge is 0.240 e. The van der Waals surface area contributed by atoms with Crippen LogP contribution in [-0.4, -0.2) is 32.7 Å². The van der Waals surface area contributed by atoms with Crippen LogP contribution in [0.3, 0.4) is 0 Å². The number of rotatable bonds is 7. The molecular formula is C12H17ClN2O3S2. The molecule has 0 bridgehead atoms. The SMILES string of the molecule is CC(C)OCCNS(=O)(=O)c1ccc(C(N)=S)c(Cl)c1. The summed E-state index contributed by atoms with van der Waals surface area (Å²) < 4.78 is 31.7. The van der Waals surface area contributed by atoms with E-state index in [1.54, 1.807) is 0 Å². The first-order valence-electron chi connectivity index (χ1n) is 5.94. The fraction of sp³-hybridized carbons (Fsp3) is 0.417. The molecular weight excluding hydrogens is 320 g/mol. The Hall–Kier alpha value is -0.730. The van der Waals surface area contributed by atoms with Gasteiger partial charge in [0.2, 0.25) is 10.0 Å². The van der Waals surface area contributed by atoms with Gasteiger partial charge in [-0.2, -0.15) is 0 Å². The van der Waals surface area contributed by atoms with Gasteiger partial charge < -0.3 is 10.5 Å². The molecule has 112 valence electrons. The molecule has 0 aliphatic carbocycles. The molecule has 1 rings (SSSR count). The van der Waals surface area contributed by atoms with Gasteiger partial charge in [0.1, 0.15) is 4.99 Å². The largest absolute Gasteiger partial charge is 0.389 e. The average Bonchev–Trinajstić information content (AvgIpc) is 2.34. The Labute approximate surface area is 129 Å². The van der Waals surface area contributed by atoms with Crippen molar-refractivity contribution in [1.29, 1.82) is 0 Å². The van der Waals surface area contributed by atoms with Crippen LogP contribution in [0, 0.1) is 0 Å². The number of nitrogens with two attached hydrogens (primary N) is 1.